The number of benzene rings is 1. The van der Waals surface area contributed by atoms with Gasteiger partial charge in [-0.05, 0) is 24.6 Å². The van der Waals surface area contributed by atoms with Gasteiger partial charge in [0.2, 0.25) is 16.8 Å². The van der Waals surface area contributed by atoms with Crippen LogP contribution in [0.15, 0.2) is 16.6 Å². The molecule has 2 aliphatic heterocycles. The zero-order chi connectivity index (χ0) is 15.9. The van der Waals surface area contributed by atoms with Gasteiger partial charge < -0.3 is 9.47 Å². The lowest BCUT2D eigenvalue weighted by Gasteiger charge is -2.38. The minimum absolute atomic E-state index is 0.0171. The SMILES string of the molecule is C[C@H]1CN(Cc2cc3c(cc2Br)OCO3)CCN1S(C)(=O)=O. The van der Waals surface area contributed by atoms with Crippen molar-refractivity contribution in [3.63, 3.8) is 0 Å². The molecule has 1 aromatic rings. The molecule has 22 heavy (non-hydrogen) atoms. The van der Waals surface area contributed by atoms with Crippen molar-refractivity contribution in [2.45, 2.75) is 19.5 Å². The van der Waals surface area contributed by atoms with Crippen LogP contribution in [0.3, 0.4) is 0 Å². The van der Waals surface area contributed by atoms with Gasteiger partial charge in [-0.2, -0.15) is 4.31 Å². The van der Waals surface area contributed by atoms with Crippen LogP contribution in [-0.4, -0.2) is 56.3 Å². The highest BCUT2D eigenvalue weighted by molar-refractivity contribution is 9.10. The average Bonchev–Trinajstić information content (AvgIpc) is 2.84. The van der Waals surface area contributed by atoms with Gasteiger partial charge in [-0.15, -0.1) is 0 Å². The maximum Gasteiger partial charge on any atom is 0.231 e. The second kappa shape index (κ2) is 5.99. The van der Waals surface area contributed by atoms with Crippen molar-refractivity contribution in [3.05, 3.63) is 22.2 Å². The summed E-state index contributed by atoms with van der Waals surface area (Å²) >= 11 is 3.57. The van der Waals surface area contributed by atoms with Crippen LogP contribution in [0.4, 0.5) is 0 Å². The van der Waals surface area contributed by atoms with Gasteiger partial charge in [-0.1, -0.05) is 15.9 Å². The van der Waals surface area contributed by atoms with Crippen molar-refractivity contribution in [1.82, 2.24) is 9.21 Å². The first-order valence-electron chi connectivity index (χ1n) is 7.12. The number of nitrogens with zero attached hydrogens (tertiary/aromatic N) is 2. The lowest BCUT2D eigenvalue weighted by atomic mass is 10.1. The summed E-state index contributed by atoms with van der Waals surface area (Å²) in [5.41, 5.74) is 1.12. The van der Waals surface area contributed by atoms with E-state index in [0.29, 0.717) is 13.1 Å². The predicted molar refractivity (Wildman–Crippen MR) is 86.6 cm³/mol. The molecule has 0 amide bonds. The number of rotatable bonds is 3. The second-order valence-electron chi connectivity index (χ2n) is 5.75. The van der Waals surface area contributed by atoms with Crippen LogP contribution < -0.4 is 9.47 Å². The molecular formula is C14H19BrN2O4S. The first-order chi connectivity index (χ1) is 10.3. The molecule has 0 unspecified atom stereocenters. The summed E-state index contributed by atoms with van der Waals surface area (Å²) in [7, 11) is -3.13. The largest absolute Gasteiger partial charge is 0.454 e. The Balaban J connectivity index is 1.70. The Morgan fingerprint density at radius 3 is 2.59 bits per heavy atom. The van der Waals surface area contributed by atoms with E-state index in [0.717, 1.165) is 34.6 Å². The van der Waals surface area contributed by atoms with E-state index in [9.17, 15) is 8.42 Å². The lowest BCUT2D eigenvalue weighted by molar-refractivity contribution is 0.138. The van der Waals surface area contributed by atoms with Crippen LogP contribution in [0.2, 0.25) is 0 Å². The molecule has 1 fully saturated rings. The number of sulfonamides is 1. The topological polar surface area (TPSA) is 59.1 Å². The van der Waals surface area contributed by atoms with E-state index in [1.807, 2.05) is 19.1 Å². The average molecular weight is 391 g/mol. The quantitative estimate of drug-likeness (QED) is 0.784. The molecule has 122 valence electrons. The number of hydrogen-bond acceptors (Lipinski definition) is 5. The monoisotopic (exact) mass is 390 g/mol. The van der Waals surface area contributed by atoms with E-state index < -0.39 is 10.0 Å². The molecule has 0 aliphatic carbocycles. The molecule has 0 aromatic heterocycles. The van der Waals surface area contributed by atoms with E-state index in [1.54, 1.807) is 4.31 Å². The molecule has 0 spiro atoms. The van der Waals surface area contributed by atoms with Crippen LogP contribution >= 0.6 is 15.9 Å². The Kier molecular flexibility index (Phi) is 4.37. The zero-order valence-electron chi connectivity index (χ0n) is 12.6. The fourth-order valence-corrected chi connectivity index (χ4v) is 4.56. The minimum Gasteiger partial charge on any atom is -0.454 e. The molecule has 2 heterocycles. The number of hydrogen-bond donors (Lipinski definition) is 0. The fourth-order valence-electron chi connectivity index (χ4n) is 2.97. The zero-order valence-corrected chi connectivity index (χ0v) is 15.0. The molecular weight excluding hydrogens is 372 g/mol. The van der Waals surface area contributed by atoms with Gasteiger partial charge in [-0.3, -0.25) is 4.90 Å². The van der Waals surface area contributed by atoms with Crippen LogP contribution in [0.1, 0.15) is 12.5 Å². The van der Waals surface area contributed by atoms with E-state index >= 15 is 0 Å². The molecule has 0 bridgehead atoms. The summed E-state index contributed by atoms with van der Waals surface area (Å²) < 4.78 is 36.7. The Morgan fingerprint density at radius 2 is 1.95 bits per heavy atom. The highest BCUT2D eigenvalue weighted by atomic mass is 79.9. The van der Waals surface area contributed by atoms with Crippen LogP contribution in [0.5, 0.6) is 11.5 Å². The normalized spacial score (nSPS) is 23.0. The van der Waals surface area contributed by atoms with Crippen molar-refractivity contribution in [1.29, 1.82) is 0 Å². The van der Waals surface area contributed by atoms with E-state index in [2.05, 4.69) is 20.8 Å². The summed E-state index contributed by atoms with van der Waals surface area (Å²) in [6.45, 7) is 4.92. The summed E-state index contributed by atoms with van der Waals surface area (Å²) in [6, 6.07) is 3.89. The highest BCUT2D eigenvalue weighted by Crippen LogP contribution is 2.37. The Labute approximate surface area is 139 Å². The Bertz CT molecular complexity index is 680. The lowest BCUT2D eigenvalue weighted by Crippen LogP contribution is -2.53. The predicted octanol–water partition coefficient (Wildman–Crippen LogP) is 1.64. The number of ether oxygens (including phenoxy) is 2. The molecule has 0 radical (unpaired) electrons. The third-order valence-corrected chi connectivity index (χ3v) is 6.14. The van der Waals surface area contributed by atoms with Gasteiger partial charge in [0, 0.05) is 36.7 Å². The van der Waals surface area contributed by atoms with Crippen molar-refractivity contribution >= 4 is 26.0 Å². The van der Waals surface area contributed by atoms with Gasteiger partial charge in [-0.25, -0.2) is 8.42 Å². The van der Waals surface area contributed by atoms with Gasteiger partial charge in [0.15, 0.2) is 11.5 Å². The maximum atomic E-state index is 11.7. The smallest absolute Gasteiger partial charge is 0.231 e. The van der Waals surface area contributed by atoms with Gasteiger partial charge in [0.25, 0.3) is 0 Å². The molecule has 0 saturated carbocycles. The van der Waals surface area contributed by atoms with Gasteiger partial charge in [0.05, 0.1) is 6.26 Å². The molecule has 1 atom stereocenters. The number of piperazine rings is 1. The molecule has 8 heteroatoms. The summed E-state index contributed by atoms with van der Waals surface area (Å²) in [5.74, 6) is 1.52. The van der Waals surface area contributed by atoms with E-state index in [4.69, 9.17) is 9.47 Å². The van der Waals surface area contributed by atoms with Crippen LogP contribution in [0.25, 0.3) is 0 Å². The second-order valence-corrected chi connectivity index (χ2v) is 8.54. The third kappa shape index (κ3) is 3.24. The third-order valence-electron chi connectivity index (χ3n) is 4.01. The molecule has 1 aromatic carbocycles. The van der Waals surface area contributed by atoms with Crippen molar-refractivity contribution in [2.75, 3.05) is 32.7 Å². The van der Waals surface area contributed by atoms with Crippen molar-refractivity contribution in [2.24, 2.45) is 0 Å². The van der Waals surface area contributed by atoms with E-state index in [-0.39, 0.29) is 12.8 Å². The van der Waals surface area contributed by atoms with E-state index in [1.165, 1.54) is 6.26 Å². The van der Waals surface area contributed by atoms with Gasteiger partial charge in [0.1, 0.15) is 0 Å². The molecule has 0 N–H and O–H groups in total. The first-order valence-corrected chi connectivity index (χ1v) is 9.76. The minimum atomic E-state index is -3.13. The van der Waals surface area contributed by atoms with Gasteiger partial charge >= 0.3 is 0 Å². The van der Waals surface area contributed by atoms with Crippen LogP contribution in [-0.2, 0) is 16.6 Å². The molecule has 3 rings (SSSR count). The number of halogens is 1. The summed E-state index contributed by atoms with van der Waals surface area (Å²) in [6.07, 6.45) is 1.27. The Hall–Kier alpha value is -0.830. The van der Waals surface area contributed by atoms with Crippen molar-refractivity contribution in [3.8, 4) is 11.5 Å². The highest BCUT2D eigenvalue weighted by Gasteiger charge is 2.30. The maximum absolute atomic E-state index is 11.7. The molecule has 6 nitrogen and oxygen atoms in total. The summed E-state index contributed by atoms with van der Waals surface area (Å²) in [4.78, 5) is 2.26. The van der Waals surface area contributed by atoms with Crippen molar-refractivity contribution < 1.29 is 17.9 Å². The number of fused-ring (bicyclic) bond motifs is 1. The first kappa shape index (κ1) is 16.0. The van der Waals surface area contributed by atoms with Crippen LogP contribution in [0, 0.1) is 0 Å². The fraction of sp³-hybridized carbons (Fsp3) is 0.571. The Morgan fingerprint density at radius 1 is 1.27 bits per heavy atom. The molecule has 1 saturated heterocycles. The molecule has 2 aliphatic rings. The standard InChI is InChI=1S/C14H19BrN2O4S/c1-10-7-16(3-4-17(10)22(2,18)19)8-11-5-13-14(6-12(11)15)21-9-20-13/h5-6,10H,3-4,7-9H2,1-2H3/t10-/m0/s1. The summed E-state index contributed by atoms with van der Waals surface area (Å²) in [5, 5.41) is 0.